The van der Waals surface area contributed by atoms with Gasteiger partial charge in [0.15, 0.2) is 0 Å². The van der Waals surface area contributed by atoms with Gasteiger partial charge in [0, 0.05) is 18.0 Å². The molecule has 1 heterocycles. The highest BCUT2D eigenvalue weighted by atomic mass is 35.5. The van der Waals surface area contributed by atoms with Crippen LogP contribution < -0.4 is 10.5 Å². The van der Waals surface area contributed by atoms with Gasteiger partial charge in [-0.15, -0.1) is 0 Å². The molecule has 6 nitrogen and oxygen atoms in total. The van der Waals surface area contributed by atoms with E-state index in [-0.39, 0.29) is 17.7 Å². The van der Waals surface area contributed by atoms with Crippen molar-refractivity contribution in [3.05, 3.63) is 17.0 Å². The molecule has 8 heteroatoms. The van der Waals surface area contributed by atoms with Gasteiger partial charge in [0.2, 0.25) is 10.0 Å². The van der Waals surface area contributed by atoms with Crippen LogP contribution in [-0.2, 0) is 15.4 Å². The van der Waals surface area contributed by atoms with Crippen LogP contribution in [0.4, 0.5) is 5.82 Å². The molecule has 0 bridgehead atoms. The summed E-state index contributed by atoms with van der Waals surface area (Å²) < 4.78 is 21.6. The number of hydrogen-bond acceptors (Lipinski definition) is 5. The number of nitrogens with one attached hydrogen (secondary N) is 1. The number of aromatic nitrogens is 2. The minimum Gasteiger partial charge on any atom is -0.369 e. The minimum absolute atomic E-state index is 0.167. The highest BCUT2D eigenvalue weighted by Crippen LogP contribution is 2.22. The molecule has 0 aromatic carbocycles. The molecule has 1 aromatic heterocycles. The van der Waals surface area contributed by atoms with Gasteiger partial charge in [-0.05, 0) is 0 Å². The minimum atomic E-state index is -3.48. The summed E-state index contributed by atoms with van der Waals surface area (Å²) in [4.78, 5) is 8.42. The highest BCUT2D eigenvalue weighted by Gasteiger charge is 2.18. The Balaban J connectivity index is 2.81. The molecule has 0 aliphatic rings. The second-order valence-corrected chi connectivity index (χ2v) is 7.06. The number of nitrogens with zero attached hydrogens (tertiary/aromatic N) is 2. The van der Waals surface area contributed by atoms with Crippen LogP contribution in [0.1, 0.15) is 26.6 Å². The average molecular weight is 293 g/mol. The maximum absolute atomic E-state index is 10.8. The van der Waals surface area contributed by atoms with Crippen LogP contribution in [-0.4, -0.2) is 30.7 Å². The maximum atomic E-state index is 10.8. The molecule has 0 radical (unpaired) electrons. The van der Waals surface area contributed by atoms with Gasteiger partial charge >= 0.3 is 0 Å². The van der Waals surface area contributed by atoms with Crippen LogP contribution in [0.15, 0.2) is 6.07 Å². The Morgan fingerprint density at radius 3 is 2.50 bits per heavy atom. The topological polar surface area (TPSA) is 98.0 Å². The van der Waals surface area contributed by atoms with Gasteiger partial charge in [0.05, 0.1) is 5.75 Å². The van der Waals surface area contributed by atoms with E-state index in [4.69, 9.17) is 16.7 Å². The van der Waals surface area contributed by atoms with Crippen molar-refractivity contribution in [1.29, 1.82) is 0 Å². The normalized spacial score (nSPS) is 12.5. The third kappa shape index (κ3) is 5.16. The first-order chi connectivity index (χ1) is 8.08. The number of halogens is 1. The summed E-state index contributed by atoms with van der Waals surface area (Å²) in [7, 11) is -3.48. The van der Waals surface area contributed by atoms with Crippen molar-refractivity contribution in [2.24, 2.45) is 5.14 Å². The van der Waals surface area contributed by atoms with Crippen molar-refractivity contribution in [2.75, 3.05) is 17.6 Å². The lowest BCUT2D eigenvalue weighted by atomic mass is 9.96. The Kier molecular flexibility index (Phi) is 4.52. The number of sulfonamides is 1. The lowest BCUT2D eigenvalue weighted by Crippen LogP contribution is -2.23. The van der Waals surface area contributed by atoms with Gasteiger partial charge in [0.25, 0.3) is 0 Å². The third-order valence-electron chi connectivity index (χ3n) is 2.06. The SMILES string of the molecule is CC(C)(C)c1nc(Cl)cc(NCCS(N)(=O)=O)n1. The molecule has 0 amide bonds. The lowest BCUT2D eigenvalue weighted by Gasteiger charge is -2.17. The van der Waals surface area contributed by atoms with Crippen molar-refractivity contribution >= 4 is 27.4 Å². The quantitative estimate of drug-likeness (QED) is 0.811. The zero-order valence-electron chi connectivity index (χ0n) is 10.6. The number of nitrogens with two attached hydrogens (primary N) is 1. The van der Waals surface area contributed by atoms with E-state index >= 15 is 0 Å². The fourth-order valence-electron chi connectivity index (χ4n) is 1.16. The predicted molar refractivity (Wildman–Crippen MR) is 72.2 cm³/mol. The first kappa shape index (κ1) is 15.1. The van der Waals surface area contributed by atoms with Gasteiger partial charge in [-0.25, -0.2) is 23.5 Å². The maximum Gasteiger partial charge on any atom is 0.210 e. The molecule has 18 heavy (non-hydrogen) atoms. The Morgan fingerprint density at radius 1 is 1.39 bits per heavy atom. The van der Waals surface area contributed by atoms with Crippen LogP contribution in [0.5, 0.6) is 0 Å². The standard InChI is InChI=1S/C10H17ClN4O2S/c1-10(2,3)9-14-7(11)6-8(15-9)13-4-5-18(12,16)17/h6H,4-5H2,1-3H3,(H2,12,16,17)(H,13,14,15). The molecule has 102 valence electrons. The first-order valence-electron chi connectivity index (χ1n) is 5.37. The van der Waals surface area contributed by atoms with E-state index in [2.05, 4.69) is 15.3 Å². The fraction of sp³-hybridized carbons (Fsp3) is 0.600. The molecule has 3 N–H and O–H groups in total. The van der Waals surface area contributed by atoms with Crippen LogP contribution in [0, 0.1) is 0 Å². The smallest absolute Gasteiger partial charge is 0.210 e. The second kappa shape index (κ2) is 5.38. The summed E-state index contributed by atoms with van der Waals surface area (Å²) in [5.41, 5.74) is -0.235. The zero-order chi connectivity index (χ0) is 14.0. The summed E-state index contributed by atoms with van der Waals surface area (Å²) in [5.74, 6) is 0.913. The van der Waals surface area contributed by atoms with E-state index in [1.165, 1.54) is 0 Å². The molecule has 0 aliphatic heterocycles. The molecule has 0 unspecified atom stereocenters. The van der Waals surface area contributed by atoms with Crippen molar-refractivity contribution in [3.63, 3.8) is 0 Å². The van der Waals surface area contributed by atoms with Crippen molar-refractivity contribution < 1.29 is 8.42 Å². The third-order valence-corrected chi connectivity index (χ3v) is 3.03. The van der Waals surface area contributed by atoms with Crippen LogP contribution in [0.25, 0.3) is 0 Å². The number of rotatable bonds is 4. The number of hydrogen-bond donors (Lipinski definition) is 2. The van der Waals surface area contributed by atoms with E-state index in [0.717, 1.165) is 0 Å². The zero-order valence-corrected chi connectivity index (χ0v) is 12.1. The van der Waals surface area contributed by atoms with E-state index < -0.39 is 10.0 Å². The van der Waals surface area contributed by atoms with Gasteiger partial charge in [0.1, 0.15) is 16.8 Å². The van der Waals surface area contributed by atoms with Gasteiger partial charge in [-0.3, -0.25) is 0 Å². The number of primary sulfonamides is 1. The van der Waals surface area contributed by atoms with E-state index in [1.54, 1.807) is 6.07 Å². The molecule has 0 atom stereocenters. The van der Waals surface area contributed by atoms with E-state index in [0.29, 0.717) is 16.8 Å². The van der Waals surface area contributed by atoms with Gasteiger partial charge in [-0.2, -0.15) is 0 Å². The molecule has 0 spiro atoms. The van der Waals surface area contributed by atoms with Crippen molar-refractivity contribution in [1.82, 2.24) is 9.97 Å². The van der Waals surface area contributed by atoms with E-state index in [9.17, 15) is 8.42 Å². The van der Waals surface area contributed by atoms with Crippen molar-refractivity contribution in [3.8, 4) is 0 Å². The molecule has 1 rings (SSSR count). The molecular formula is C10H17ClN4O2S. The second-order valence-electron chi connectivity index (χ2n) is 4.94. The Hall–Kier alpha value is -0.920. The monoisotopic (exact) mass is 292 g/mol. The molecule has 0 aliphatic carbocycles. The molecule has 0 saturated carbocycles. The average Bonchev–Trinajstić information content (AvgIpc) is 2.13. The molecular weight excluding hydrogens is 276 g/mol. The summed E-state index contributed by atoms with van der Waals surface area (Å²) >= 11 is 5.89. The summed E-state index contributed by atoms with van der Waals surface area (Å²) in [6.45, 7) is 6.07. The van der Waals surface area contributed by atoms with Crippen molar-refractivity contribution in [2.45, 2.75) is 26.2 Å². The van der Waals surface area contributed by atoms with E-state index in [1.807, 2.05) is 20.8 Å². The lowest BCUT2D eigenvalue weighted by molar-refractivity contribution is 0.546. The largest absolute Gasteiger partial charge is 0.369 e. The summed E-state index contributed by atoms with van der Waals surface area (Å²) in [6.07, 6.45) is 0. The molecule has 0 saturated heterocycles. The Morgan fingerprint density at radius 2 is 2.00 bits per heavy atom. The number of anilines is 1. The summed E-state index contributed by atoms with van der Waals surface area (Å²) in [6, 6.07) is 1.54. The van der Waals surface area contributed by atoms with Crippen LogP contribution in [0.3, 0.4) is 0 Å². The molecule has 1 aromatic rings. The fourth-order valence-corrected chi connectivity index (χ4v) is 1.73. The Bertz CT molecular complexity index is 525. The molecule has 0 fully saturated rings. The van der Waals surface area contributed by atoms with Crippen LogP contribution in [0.2, 0.25) is 5.15 Å². The van der Waals surface area contributed by atoms with Gasteiger partial charge < -0.3 is 5.32 Å². The van der Waals surface area contributed by atoms with Crippen LogP contribution >= 0.6 is 11.6 Å². The Labute approximate surface area is 112 Å². The predicted octanol–water partition coefficient (Wildman–Crippen LogP) is 1.13. The summed E-state index contributed by atoms with van der Waals surface area (Å²) in [5, 5.41) is 8.07. The highest BCUT2D eigenvalue weighted by molar-refractivity contribution is 7.89. The first-order valence-corrected chi connectivity index (χ1v) is 7.47. The van der Waals surface area contributed by atoms with Gasteiger partial charge in [-0.1, -0.05) is 32.4 Å².